The molecular weight excluding hydrogens is 539 g/mol. The summed E-state index contributed by atoms with van der Waals surface area (Å²) in [6.45, 7) is 5.94. The predicted molar refractivity (Wildman–Crippen MR) is 166 cm³/mol. The molecule has 3 N–H and O–H groups in total. The van der Waals surface area contributed by atoms with E-state index in [9.17, 15) is 14.4 Å². The normalized spacial score (nSPS) is 11.9. The number of hydrogen-bond donors (Lipinski definition) is 3. The monoisotopic (exact) mass is 569 g/mol. The van der Waals surface area contributed by atoms with Crippen molar-refractivity contribution in [1.29, 1.82) is 0 Å². The number of carbonyl (C=O) groups is 3. The van der Waals surface area contributed by atoms with Gasteiger partial charge in [-0.05, 0) is 96.3 Å². The lowest BCUT2D eigenvalue weighted by molar-refractivity contribution is -0.116. The fourth-order valence-electron chi connectivity index (χ4n) is 3.88. The third-order valence-corrected chi connectivity index (χ3v) is 8.13. The molecule has 40 heavy (non-hydrogen) atoms. The molecule has 1 unspecified atom stereocenters. The van der Waals surface area contributed by atoms with Crippen molar-refractivity contribution in [3.05, 3.63) is 118 Å². The van der Waals surface area contributed by atoms with Crippen molar-refractivity contribution in [2.75, 3.05) is 10.6 Å². The summed E-state index contributed by atoms with van der Waals surface area (Å²) in [6, 6.07) is 24.0. The van der Waals surface area contributed by atoms with Gasteiger partial charge in [0.1, 0.15) is 5.70 Å². The van der Waals surface area contributed by atoms with Crippen LogP contribution in [-0.4, -0.2) is 23.0 Å². The van der Waals surface area contributed by atoms with Crippen molar-refractivity contribution in [2.45, 2.75) is 37.3 Å². The summed E-state index contributed by atoms with van der Waals surface area (Å²) >= 11 is 2.94. The van der Waals surface area contributed by atoms with Gasteiger partial charge in [0, 0.05) is 21.8 Å². The summed E-state index contributed by atoms with van der Waals surface area (Å²) in [5, 5.41) is 12.2. The van der Waals surface area contributed by atoms with Gasteiger partial charge in [-0.1, -0.05) is 43.3 Å². The Hall–Kier alpha value is -4.14. The van der Waals surface area contributed by atoms with Gasteiger partial charge in [0.15, 0.2) is 0 Å². The molecule has 8 heteroatoms. The van der Waals surface area contributed by atoms with Gasteiger partial charge in [0.2, 0.25) is 5.91 Å². The molecule has 1 atom stereocenters. The Balaban J connectivity index is 1.47. The zero-order valence-corrected chi connectivity index (χ0v) is 24.2. The van der Waals surface area contributed by atoms with Crippen molar-refractivity contribution < 1.29 is 14.4 Å². The van der Waals surface area contributed by atoms with Crippen LogP contribution < -0.4 is 16.0 Å². The fraction of sp³-hybridized carbons (Fsp3) is 0.156. The maximum Gasteiger partial charge on any atom is 0.272 e. The third-order valence-electron chi connectivity index (χ3n) is 6.07. The van der Waals surface area contributed by atoms with E-state index in [1.807, 2.05) is 80.1 Å². The first-order valence-corrected chi connectivity index (χ1v) is 14.7. The molecule has 0 aliphatic carbocycles. The summed E-state index contributed by atoms with van der Waals surface area (Å²) in [7, 11) is 0. The second kappa shape index (κ2) is 13.8. The fourth-order valence-corrected chi connectivity index (χ4v) is 5.51. The molecule has 3 amide bonds. The molecule has 0 fully saturated rings. The first-order valence-electron chi connectivity index (χ1n) is 12.9. The van der Waals surface area contributed by atoms with Gasteiger partial charge in [-0.25, -0.2) is 0 Å². The quantitative estimate of drug-likeness (QED) is 0.138. The molecule has 0 saturated heterocycles. The number of amides is 3. The van der Waals surface area contributed by atoms with E-state index in [1.54, 1.807) is 36.4 Å². The number of anilines is 2. The average molecular weight is 570 g/mol. The second-order valence-electron chi connectivity index (χ2n) is 9.24. The summed E-state index contributed by atoms with van der Waals surface area (Å²) in [6.07, 6.45) is 2.28. The summed E-state index contributed by atoms with van der Waals surface area (Å²) < 4.78 is 0. The summed E-state index contributed by atoms with van der Waals surface area (Å²) in [5.74, 6) is -0.889. The van der Waals surface area contributed by atoms with E-state index in [0.717, 1.165) is 27.3 Å². The lowest BCUT2D eigenvalue weighted by atomic mass is 10.1. The Morgan fingerprint density at radius 2 is 1.73 bits per heavy atom. The van der Waals surface area contributed by atoms with Crippen LogP contribution in [0.25, 0.3) is 6.08 Å². The number of benzene rings is 3. The van der Waals surface area contributed by atoms with Crippen LogP contribution in [0.3, 0.4) is 0 Å². The molecule has 1 aromatic heterocycles. The Morgan fingerprint density at radius 3 is 2.45 bits per heavy atom. The first kappa shape index (κ1) is 28.9. The maximum atomic E-state index is 13.3. The average Bonchev–Trinajstić information content (AvgIpc) is 3.47. The van der Waals surface area contributed by atoms with Gasteiger partial charge >= 0.3 is 0 Å². The highest BCUT2D eigenvalue weighted by atomic mass is 32.2. The summed E-state index contributed by atoms with van der Waals surface area (Å²) in [4.78, 5) is 40.0. The molecule has 0 spiro atoms. The van der Waals surface area contributed by atoms with Crippen LogP contribution in [0.4, 0.5) is 11.4 Å². The highest BCUT2D eigenvalue weighted by molar-refractivity contribution is 8.00. The standard InChI is InChI=1S/C32H31N3O3S2/c1-4-29(32(38)34-27-17-21(2)13-14-22(27)3)40-26-12-8-11-25(19-26)33-31(37)28(18-23-15-16-39-20-23)35-30(36)24-9-6-5-7-10-24/h5-20,29H,4H2,1-3H3,(H,33,37)(H,34,38)(H,35,36)/b28-18-. The van der Waals surface area contributed by atoms with Gasteiger partial charge < -0.3 is 16.0 Å². The van der Waals surface area contributed by atoms with E-state index >= 15 is 0 Å². The minimum atomic E-state index is -0.447. The lowest BCUT2D eigenvalue weighted by Crippen LogP contribution is -2.30. The van der Waals surface area contributed by atoms with E-state index in [0.29, 0.717) is 17.7 Å². The summed E-state index contributed by atoms with van der Waals surface area (Å²) in [5.41, 5.74) is 4.86. The second-order valence-corrected chi connectivity index (χ2v) is 11.3. The van der Waals surface area contributed by atoms with Crippen molar-refractivity contribution in [1.82, 2.24) is 5.32 Å². The molecule has 1 heterocycles. The number of rotatable bonds is 10. The van der Waals surface area contributed by atoms with Gasteiger partial charge in [0.05, 0.1) is 5.25 Å². The molecular formula is C32H31N3O3S2. The van der Waals surface area contributed by atoms with Gasteiger partial charge in [0.25, 0.3) is 11.8 Å². The molecule has 0 aliphatic heterocycles. The molecule has 6 nitrogen and oxygen atoms in total. The number of carbonyl (C=O) groups excluding carboxylic acids is 3. The number of hydrogen-bond acceptors (Lipinski definition) is 5. The minimum Gasteiger partial charge on any atom is -0.325 e. The van der Waals surface area contributed by atoms with Crippen molar-refractivity contribution in [3.8, 4) is 0 Å². The smallest absolute Gasteiger partial charge is 0.272 e. The van der Waals surface area contributed by atoms with Crippen molar-refractivity contribution in [3.63, 3.8) is 0 Å². The largest absolute Gasteiger partial charge is 0.325 e. The van der Waals surface area contributed by atoms with Crippen LogP contribution in [0.5, 0.6) is 0 Å². The molecule has 0 saturated carbocycles. The Bertz CT molecular complexity index is 1520. The number of nitrogens with one attached hydrogen (secondary N) is 3. The van der Waals surface area contributed by atoms with E-state index in [4.69, 9.17) is 0 Å². The van der Waals surface area contributed by atoms with E-state index in [2.05, 4.69) is 16.0 Å². The molecule has 204 valence electrons. The molecule has 0 radical (unpaired) electrons. The van der Waals surface area contributed by atoms with E-state index in [-0.39, 0.29) is 22.8 Å². The topological polar surface area (TPSA) is 87.3 Å². The Labute approximate surface area is 242 Å². The first-order chi connectivity index (χ1) is 19.3. The van der Waals surface area contributed by atoms with Crippen molar-refractivity contribution in [2.24, 2.45) is 0 Å². The third kappa shape index (κ3) is 7.94. The molecule has 0 aliphatic rings. The van der Waals surface area contributed by atoms with Crippen LogP contribution in [0.15, 0.2) is 100 Å². The van der Waals surface area contributed by atoms with Crippen LogP contribution in [0, 0.1) is 13.8 Å². The van der Waals surface area contributed by atoms with Gasteiger partial charge in [-0.3, -0.25) is 14.4 Å². The zero-order valence-electron chi connectivity index (χ0n) is 22.6. The van der Waals surface area contributed by atoms with E-state index < -0.39 is 5.91 Å². The predicted octanol–water partition coefficient (Wildman–Crippen LogP) is 7.28. The Kier molecular flexibility index (Phi) is 9.94. The minimum absolute atomic E-state index is 0.0692. The van der Waals surface area contributed by atoms with Gasteiger partial charge in [-0.15, -0.1) is 11.8 Å². The van der Waals surface area contributed by atoms with Crippen LogP contribution in [0.1, 0.15) is 40.4 Å². The molecule has 4 rings (SSSR count). The molecule has 3 aromatic carbocycles. The number of aryl methyl sites for hydroxylation is 2. The zero-order chi connectivity index (χ0) is 28.5. The molecule has 4 aromatic rings. The van der Waals surface area contributed by atoms with Crippen molar-refractivity contribution >= 4 is 58.3 Å². The lowest BCUT2D eigenvalue weighted by Gasteiger charge is -2.17. The highest BCUT2D eigenvalue weighted by Gasteiger charge is 2.20. The maximum absolute atomic E-state index is 13.3. The van der Waals surface area contributed by atoms with Crippen LogP contribution >= 0.6 is 23.1 Å². The Morgan fingerprint density at radius 1 is 0.925 bits per heavy atom. The van der Waals surface area contributed by atoms with Crippen LogP contribution in [0.2, 0.25) is 0 Å². The molecule has 0 bridgehead atoms. The van der Waals surface area contributed by atoms with E-state index in [1.165, 1.54) is 23.1 Å². The highest BCUT2D eigenvalue weighted by Crippen LogP contribution is 2.29. The van der Waals surface area contributed by atoms with Crippen LogP contribution in [-0.2, 0) is 9.59 Å². The number of thioether (sulfide) groups is 1. The number of thiophene rings is 1. The van der Waals surface area contributed by atoms with Gasteiger partial charge in [-0.2, -0.15) is 11.3 Å². The SMILES string of the molecule is CCC(Sc1cccc(NC(=O)/C(=C/c2ccsc2)NC(=O)c2ccccc2)c1)C(=O)Nc1cc(C)ccc1C.